The predicted octanol–water partition coefficient (Wildman–Crippen LogP) is 0.160. The molecule has 0 N–H and O–H groups in total. The van der Waals surface area contributed by atoms with Gasteiger partial charge >= 0.3 is 0 Å². The minimum atomic E-state index is 0.0957. The van der Waals surface area contributed by atoms with Crippen molar-refractivity contribution in [1.29, 1.82) is 0 Å². The van der Waals surface area contributed by atoms with Crippen LogP contribution in [0.5, 0.6) is 0 Å². The summed E-state index contributed by atoms with van der Waals surface area (Å²) in [5.41, 5.74) is 0. The summed E-state index contributed by atoms with van der Waals surface area (Å²) in [5, 5.41) is 0. The first-order valence-electron chi connectivity index (χ1n) is 4.00. The molecule has 0 saturated carbocycles. The van der Waals surface area contributed by atoms with Gasteiger partial charge in [0, 0.05) is 39.3 Å². The maximum absolute atomic E-state index is 2.66. The summed E-state index contributed by atoms with van der Waals surface area (Å²) in [5.74, 6) is 0. The first kappa shape index (κ1) is 5.90. The quantitative estimate of drug-likeness (QED) is 0.464. The molecule has 0 radical (unpaired) electrons. The van der Waals surface area contributed by atoms with E-state index >= 15 is 0 Å². The Balaban J connectivity index is 1.94. The van der Waals surface area contributed by atoms with E-state index in [0.29, 0.717) is 0 Å². The molecule has 3 fully saturated rings. The van der Waals surface area contributed by atoms with Crippen molar-refractivity contribution in [2.45, 2.75) is 0 Å². The van der Waals surface area contributed by atoms with Crippen LogP contribution < -0.4 is 0 Å². The van der Waals surface area contributed by atoms with Gasteiger partial charge in [-0.15, -0.1) is 0 Å². The molecule has 10 heavy (non-hydrogen) atoms. The molecule has 56 valence electrons. The zero-order chi connectivity index (χ0) is 6.55. The van der Waals surface area contributed by atoms with Crippen molar-refractivity contribution in [2.75, 3.05) is 39.3 Å². The SMILES string of the molecule is C1CN2CCN3CCN1P23. The van der Waals surface area contributed by atoms with Crippen LogP contribution in [0.2, 0.25) is 0 Å². The van der Waals surface area contributed by atoms with Crippen molar-refractivity contribution in [3.8, 4) is 0 Å². The summed E-state index contributed by atoms with van der Waals surface area (Å²) < 4.78 is 7.97. The second-order valence-corrected chi connectivity index (χ2v) is 5.36. The van der Waals surface area contributed by atoms with E-state index in [1.807, 2.05) is 0 Å². The molecular formula is C6H12N3P. The lowest BCUT2D eigenvalue weighted by molar-refractivity contribution is 0.495. The average molecular weight is 157 g/mol. The maximum atomic E-state index is 2.66. The smallest absolute Gasteiger partial charge is 0.120 e. The molecule has 0 amide bonds. The van der Waals surface area contributed by atoms with Crippen LogP contribution in [0.15, 0.2) is 0 Å². The van der Waals surface area contributed by atoms with E-state index in [9.17, 15) is 0 Å². The fraction of sp³-hybridized carbons (Fsp3) is 1.00. The van der Waals surface area contributed by atoms with E-state index in [4.69, 9.17) is 0 Å². The maximum Gasteiger partial charge on any atom is 0.120 e. The Hall–Kier alpha value is 0.310. The van der Waals surface area contributed by atoms with Crippen LogP contribution >= 0.6 is 8.37 Å². The first-order valence-corrected chi connectivity index (χ1v) is 5.20. The molecule has 0 aliphatic carbocycles. The highest BCUT2D eigenvalue weighted by Crippen LogP contribution is 2.57. The third kappa shape index (κ3) is 0.595. The molecule has 0 atom stereocenters. The number of hydrogen-bond acceptors (Lipinski definition) is 3. The van der Waals surface area contributed by atoms with Gasteiger partial charge in [-0.05, 0) is 0 Å². The third-order valence-corrected chi connectivity index (χ3v) is 5.33. The normalized spacial score (nSPS) is 36.0. The number of hydrogen-bond donors (Lipinski definition) is 0. The monoisotopic (exact) mass is 157 g/mol. The zero-order valence-corrected chi connectivity index (χ0v) is 6.93. The van der Waals surface area contributed by atoms with Crippen LogP contribution in [0.4, 0.5) is 0 Å². The summed E-state index contributed by atoms with van der Waals surface area (Å²) in [7, 11) is 0.0957. The number of rotatable bonds is 0. The summed E-state index contributed by atoms with van der Waals surface area (Å²) in [6.45, 7) is 8.01. The highest BCUT2D eigenvalue weighted by molar-refractivity contribution is 7.51. The molecule has 0 aromatic carbocycles. The molecule has 0 aromatic rings. The topological polar surface area (TPSA) is 9.72 Å². The molecule has 4 heteroatoms. The standard InChI is InChI=1S/C6H12N3P/c1-2-8-5-6-9-4-3-7(1)10(8)9/h1-6H2. The molecule has 0 spiro atoms. The Kier molecular flexibility index (Phi) is 1.13. The number of nitrogens with zero attached hydrogens (tertiary/aromatic N) is 3. The van der Waals surface area contributed by atoms with Crippen LogP contribution in [-0.2, 0) is 0 Å². The largest absolute Gasteiger partial charge is 0.255 e. The van der Waals surface area contributed by atoms with Crippen molar-refractivity contribution in [3.63, 3.8) is 0 Å². The molecule has 0 bridgehead atoms. The molecule has 3 rings (SSSR count). The van der Waals surface area contributed by atoms with Gasteiger partial charge < -0.3 is 0 Å². The molecule has 3 aliphatic rings. The van der Waals surface area contributed by atoms with Gasteiger partial charge in [-0.1, -0.05) is 0 Å². The molecule has 0 unspecified atom stereocenters. The Morgan fingerprint density at radius 2 is 0.900 bits per heavy atom. The van der Waals surface area contributed by atoms with Gasteiger partial charge in [0.1, 0.15) is 8.37 Å². The molecule has 3 heterocycles. The van der Waals surface area contributed by atoms with Crippen molar-refractivity contribution in [1.82, 2.24) is 14.0 Å². The Bertz CT molecular complexity index is 123. The molecule has 0 aromatic heterocycles. The predicted molar refractivity (Wildman–Crippen MR) is 41.6 cm³/mol. The van der Waals surface area contributed by atoms with Crippen molar-refractivity contribution in [2.24, 2.45) is 0 Å². The summed E-state index contributed by atoms with van der Waals surface area (Å²) in [6.07, 6.45) is 0. The lowest BCUT2D eigenvalue weighted by Gasteiger charge is -2.18. The van der Waals surface area contributed by atoms with Gasteiger partial charge in [0.15, 0.2) is 0 Å². The van der Waals surface area contributed by atoms with E-state index in [1.165, 1.54) is 39.3 Å². The summed E-state index contributed by atoms with van der Waals surface area (Å²) in [4.78, 5) is 0. The van der Waals surface area contributed by atoms with Gasteiger partial charge in [0.05, 0.1) is 0 Å². The highest BCUT2D eigenvalue weighted by Gasteiger charge is 2.45. The van der Waals surface area contributed by atoms with E-state index < -0.39 is 0 Å². The summed E-state index contributed by atoms with van der Waals surface area (Å²) in [6, 6.07) is 0. The Morgan fingerprint density at radius 3 is 1.20 bits per heavy atom. The lowest BCUT2D eigenvalue weighted by Crippen LogP contribution is -2.12. The second-order valence-electron chi connectivity index (χ2n) is 3.13. The fourth-order valence-electron chi connectivity index (χ4n) is 2.10. The van der Waals surface area contributed by atoms with E-state index in [-0.39, 0.29) is 8.37 Å². The van der Waals surface area contributed by atoms with Crippen LogP contribution in [0, 0.1) is 0 Å². The first-order chi connectivity index (χ1) is 4.95. The van der Waals surface area contributed by atoms with Crippen LogP contribution in [0.3, 0.4) is 0 Å². The summed E-state index contributed by atoms with van der Waals surface area (Å²) >= 11 is 0. The molecular weight excluding hydrogens is 145 g/mol. The highest BCUT2D eigenvalue weighted by atomic mass is 31.2. The minimum Gasteiger partial charge on any atom is -0.255 e. The van der Waals surface area contributed by atoms with Crippen molar-refractivity contribution in [3.05, 3.63) is 0 Å². The molecule has 3 aliphatic heterocycles. The molecule has 3 saturated heterocycles. The Labute approximate surface area is 62.5 Å². The lowest BCUT2D eigenvalue weighted by atomic mass is 10.6. The minimum absolute atomic E-state index is 0.0957. The van der Waals surface area contributed by atoms with E-state index in [1.54, 1.807) is 0 Å². The van der Waals surface area contributed by atoms with Gasteiger partial charge in [-0.25, -0.2) is 0 Å². The van der Waals surface area contributed by atoms with Gasteiger partial charge in [-0.2, -0.15) is 0 Å². The Morgan fingerprint density at radius 1 is 0.600 bits per heavy atom. The molecule has 3 nitrogen and oxygen atoms in total. The third-order valence-electron chi connectivity index (χ3n) is 2.61. The van der Waals surface area contributed by atoms with Crippen LogP contribution in [-0.4, -0.2) is 53.3 Å². The van der Waals surface area contributed by atoms with Crippen molar-refractivity contribution >= 4 is 8.37 Å². The fourth-order valence-corrected chi connectivity index (χ4v) is 4.78. The van der Waals surface area contributed by atoms with Crippen LogP contribution in [0.25, 0.3) is 0 Å². The van der Waals surface area contributed by atoms with Gasteiger partial charge in [0.25, 0.3) is 0 Å². The van der Waals surface area contributed by atoms with Gasteiger partial charge in [0.2, 0.25) is 0 Å². The van der Waals surface area contributed by atoms with Gasteiger partial charge in [-0.3, -0.25) is 14.0 Å². The second kappa shape index (κ2) is 1.92. The zero-order valence-electron chi connectivity index (χ0n) is 6.03. The van der Waals surface area contributed by atoms with E-state index in [0.717, 1.165) is 0 Å². The van der Waals surface area contributed by atoms with Crippen molar-refractivity contribution < 1.29 is 0 Å². The average Bonchev–Trinajstić information content (AvgIpc) is 2.56. The van der Waals surface area contributed by atoms with E-state index in [2.05, 4.69) is 14.0 Å². The van der Waals surface area contributed by atoms with Crippen LogP contribution in [0.1, 0.15) is 0 Å².